The molecule has 0 saturated heterocycles. The van der Waals surface area contributed by atoms with E-state index in [-0.39, 0.29) is 5.91 Å². The highest BCUT2D eigenvalue weighted by atomic mass is 16.1. The van der Waals surface area contributed by atoms with Gasteiger partial charge < -0.3 is 9.88 Å². The average Bonchev–Trinajstić information content (AvgIpc) is 3.03. The Kier molecular flexibility index (Phi) is 3.20. The fourth-order valence-electron chi connectivity index (χ4n) is 2.10. The molecule has 6 nitrogen and oxygen atoms in total. The number of para-hydroxylation sites is 2. The van der Waals surface area contributed by atoms with Crippen molar-refractivity contribution in [2.75, 3.05) is 5.32 Å². The molecule has 102 valence electrons. The molecule has 0 saturated carbocycles. The van der Waals surface area contributed by atoms with Gasteiger partial charge in [-0.3, -0.25) is 9.89 Å². The fourth-order valence-corrected chi connectivity index (χ4v) is 2.10. The third-order valence-electron chi connectivity index (χ3n) is 3.08. The number of hydrogen-bond acceptors (Lipinski definition) is 3. The second-order valence-corrected chi connectivity index (χ2v) is 4.66. The zero-order valence-electron chi connectivity index (χ0n) is 11.1. The number of anilines is 1. The van der Waals surface area contributed by atoms with E-state index in [1.54, 1.807) is 12.4 Å². The van der Waals surface area contributed by atoms with Crippen LogP contribution in [0.1, 0.15) is 12.1 Å². The van der Waals surface area contributed by atoms with E-state index in [4.69, 9.17) is 0 Å². The third kappa shape index (κ3) is 2.54. The number of nitrogens with zero attached hydrogens (tertiary/aromatic N) is 3. The van der Waals surface area contributed by atoms with E-state index in [9.17, 15) is 4.79 Å². The summed E-state index contributed by atoms with van der Waals surface area (Å²) >= 11 is 0. The lowest BCUT2D eigenvalue weighted by Crippen LogP contribution is -2.14. The van der Waals surface area contributed by atoms with Crippen molar-refractivity contribution in [2.24, 2.45) is 0 Å². The van der Waals surface area contributed by atoms with Gasteiger partial charge in [0.05, 0.1) is 17.4 Å². The molecule has 0 atom stereocenters. The van der Waals surface area contributed by atoms with Crippen LogP contribution in [-0.2, 0) is 11.3 Å². The van der Waals surface area contributed by atoms with Crippen LogP contribution < -0.4 is 5.32 Å². The lowest BCUT2D eigenvalue weighted by molar-refractivity contribution is -0.116. The summed E-state index contributed by atoms with van der Waals surface area (Å²) in [7, 11) is 0. The van der Waals surface area contributed by atoms with Crippen LogP contribution in [0, 0.1) is 6.92 Å². The van der Waals surface area contributed by atoms with Gasteiger partial charge in [-0.15, -0.1) is 0 Å². The van der Waals surface area contributed by atoms with E-state index in [2.05, 4.69) is 20.5 Å². The molecular weight excluding hydrogens is 254 g/mol. The molecule has 1 aromatic carbocycles. The number of carbonyl (C=O) groups excluding carboxylic acids is 1. The number of hydrogen-bond donors (Lipinski definition) is 2. The maximum atomic E-state index is 11.9. The molecule has 20 heavy (non-hydrogen) atoms. The van der Waals surface area contributed by atoms with Crippen LogP contribution in [0.5, 0.6) is 0 Å². The summed E-state index contributed by atoms with van der Waals surface area (Å²) in [5, 5.41) is 9.52. The topological polar surface area (TPSA) is 75.6 Å². The number of rotatable bonds is 4. The molecule has 3 aromatic rings. The van der Waals surface area contributed by atoms with Crippen LogP contribution in [0.4, 0.5) is 5.82 Å². The summed E-state index contributed by atoms with van der Waals surface area (Å²) in [6.07, 6.45) is 2.14. The van der Waals surface area contributed by atoms with Crippen LogP contribution in [0.3, 0.4) is 0 Å². The van der Waals surface area contributed by atoms with Crippen molar-refractivity contribution in [3.05, 3.63) is 42.4 Å². The van der Waals surface area contributed by atoms with Gasteiger partial charge in [-0.2, -0.15) is 5.10 Å². The monoisotopic (exact) mass is 269 g/mol. The highest BCUT2D eigenvalue weighted by molar-refractivity contribution is 5.89. The lowest BCUT2D eigenvalue weighted by atomic mass is 10.3. The van der Waals surface area contributed by atoms with Gasteiger partial charge in [0.15, 0.2) is 5.82 Å². The molecule has 2 aromatic heterocycles. The fraction of sp³-hybridized carbons (Fsp3) is 0.214. The summed E-state index contributed by atoms with van der Waals surface area (Å²) in [5.41, 5.74) is 2.90. The molecule has 2 N–H and O–H groups in total. The first-order valence-electron chi connectivity index (χ1n) is 6.44. The number of imidazole rings is 1. The first-order valence-corrected chi connectivity index (χ1v) is 6.44. The minimum Gasteiger partial charge on any atom is -0.330 e. The standard InChI is InChI=1S/C14H15N5O/c1-10-8-13(18-17-10)16-14(20)6-7-19-9-15-11-4-2-3-5-12(11)19/h2-5,8-9H,6-7H2,1H3,(H2,16,17,18,20). The lowest BCUT2D eigenvalue weighted by Gasteiger charge is -2.04. The molecule has 3 rings (SSSR count). The van der Waals surface area contributed by atoms with Gasteiger partial charge in [0.25, 0.3) is 0 Å². The minimum atomic E-state index is -0.0609. The van der Waals surface area contributed by atoms with Gasteiger partial charge >= 0.3 is 0 Å². The molecule has 1 amide bonds. The smallest absolute Gasteiger partial charge is 0.227 e. The van der Waals surface area contributed by atoms with Gasteiger partial charge in [-0.25, -0.2) is 4.98 Å². The SMILES string of the molecule is Cc1cc(NC(=O)CCn2cnc3ccccc32)n[nH]1. The van der Waals surface area contributed by atoms with Gasteiger partial charge in [0.1, 0.15) is 0 Å². The number of aromatic nitrogens is 4. The van der Waals surface area contributed by atoms with E-state index in [0.29, 0.717) is 18.8 Å². The summed E-state index contributed by atoms with van der Waals surface area (Å²) in [5.74, 6) is 0.497. The maximum absolute atomic E-state index is 11.9. The summed E-state index contributed by atoms with van der Waals surface area (Å²) in [4.78, 5) is 16.2. The van der Waals surface area contributed by atoms with E-state index in [1.165, 1.54) is 0 Å². The van der Waals surface area contributed by atoms with E-state index < -0.39 is 0 Å². The number of benzene rings is 1. The van der Waals surface area contributed by atoms with Gasteiger partial charge in [-0.05, 0) is 19.1 Å². The van der Waals surface area contributed by atoms with Crippen molar-refractivity contribution in [3.63, 3.8) is 0 Å². The molecule has 0 radical (unpaired) electrons. The first kappa shape index (κ1) is 12.4. The predicted molar refractivity (Wildman–Crippen MR) is 76.3 cm³/mol. The predicted octanol–water partition coefficient (Wildman–Crippen LogP) is 2.10. The van der Waals surface area contributed by atoms with Crippen molar-refractivity contribution >= 4 is 22.8 Å². The van der Waals surface area contributed by atoms with E-state index in [0.717, 1.165) is 16.7 Å². The number of aryl methyl sites for hydroxylation is 2. The zero-order valence-corrected chi connectivity index (χ0v) is 11.1. The largest absolute Gasteiger partial charge is 0.330 e. The van der Waals surface area contributed by atoms with Crippen LogP contribution in [0.25, 0.3) is 11.0 Å². The second-order valence-electron chi connectivity index (χ2n) is 4.66. The number of H-pyrrole nitrogens is 1. The average molecular weight is 269 g/mol. The summed E-state index contributed by atoms with van der Waals surface area (Å²) in [6, 6.07) is 9.67. The highest BCUT2D eigenvalue weighted by Gasteiger charge is 2.07. The van der Waals surface area contributed by atoms with Crippen molar-refractivity contribution in [2.45, 2.75) is 19.9 Å². The molecule has 0 aliphatic rings. The Morgan fingerprint density at radius 3 is 3.05 bits per heavy atom. The Morgan fingerprint density at radius 1 is 1.40 bits per heavy atom. The van der Waals surface area contributed by atoms with Gasteiger partial charge in [-0.1, -0.05) is 12.1 Å². The van der Waals surface area contributed by atoms with Gasteiger partial charge in [0.2, 0.25) is 5.91 Å². The summed E-state index contributed by atoms with van der Waals surface area (Å²) in [6.45, 7) is 2.48. The molecule has 0 unspecified atom stereocenters. The second kappa shape index (κ2) is 5.16. The van der Waals surface area contributed by atoms with Crippen LogP contribution in [0.15, 0.2) is 36.7 Å². The normalized spacial score (nSPS) is 10.8. The molecule has 0 aliphatic heterocycles. The highest BCUT2D eigenvalue weighted by Crippen LogP contribution is 2.12. The quantitative estimate of drug-likeness (QED) is 0.761. The van der Waals surface area contributed by atoms with Crippen LogP contribution in [-0.4, -0.2) is 25.7 Å². The molecular formula is C14H15N5O. The molecule has 2 heterocycles. The van der Waals surface area contributed by atoms with Crippen molar-refractivity contribution in [1.29, 1.82) is 0 Å². The van der Waals surface area contributed by atoms with E-state index >= 15 is 0 Å². The zero-order chi connectivity index (χ0) is 13.9. The molecule has 6 heteroatoms. The van der Waals surface area contributed by atoms with Crippen molar-refractivity contribution < 1.29 is 4.79 Å². The van der Waals surface area contributed by atoms with Crippen molar-refractivity contribution in [1.82, 2.24) is 19.7 Å². The third-order valence-corrected chi connectivity index (χ3v) is 3.08. The van der Waals surface area contributed by atoms with Gasteiger partial charge in [0, 0.05) is 24.7 Å². The Hall–Kier alpha value is -2.63. The summed E-state index contributed by atoms with van der Waals surface area (Å²) < 4.78 is 1.98. The van der Waals surface area contributed by atoms with Crippen LogP contribution in [0.2, 0.25) is 0 Å². The van der Waals surface area contributed by atoms with Crippen molar-refractivity contribution in [3.8, 4) is 0 Å². The Bertz CT molecular complexity index is 743. The van der Waals surface area contributed by atoms with Crippen LogP contribution >= 0.6 is 0 Å². The Balaban J connectivity index is 1.63. The molecule has 0 spiro atoms. The number of amides is 1. The number of nitrogens with one attached hydrogen (secondary N) is 2. The maximum Gasteiger partial charge on any atom is 0.227 e. The number of fused-ring (bicyclic) bond motifs is 1. The minimum absolute atomic E-state index is 0.0609. The first-order chi connectivity index (χ1) is 9.72. The Labute approximate surface area is 115 Å². The number of aromatic amines is 1. The van der Waals surface area contributed by atoms with E-state index in [1.807, 2.05) is 35.8 Å². The Morgan fingerprint density at radius 2 is 2.25 bits per heavy atom. The molecule has 0 aliphatic carbocycles. The number of carbonyl (C=O) groups is 1. The molecule has 0 bridgehead atoms. The molecule has 0 fully saturated rings.